The van der Waals surface area contributed by atoms with Crippen molar-refractivity contribution in [3.05, 3.63) is 63.1 Å². The Morgan fingerprint density at radius 3 is 2.38 bits per heavy atom. The molecule has 0 aliphatic heterocycles. The molecule has 7 heteroatoms. The maximum atomic E-state index is 9.92. The summed E-state index contributed by atoms with van der Waals surface area (Å²) in [5, 5.41) is 14.7. The molecule has 0 radical (unpaired) electrons. The summed E-state index contributed by atoms with van der Waals surface area (Å²) in [5.41, 5.74) is 2.89. The molecule has 5 nitrogen and oxygen atoms in total. The molecule has 0 spiro atoms. The Balaban J connectivity index is 1.48. The normalized spacial score (nSPS) is 12.2. The maximum Gasteiger partial charge on any atom is 0.118 e. The molecule has 2 aromatic rings. The molecule has 1 atom stereocenters. The summed E-state index contributed by atoms with van der Waals surface area (Å²) in [4.78, 5) is 0. The number of phenols is 1. The fourth-order valence-electron chi connectivity index (χ4n) is 3.67. The van der Waals surface area contributed by atoms with E-state index in [9.17, 15) is 5.11 Å². The minimum atomic E-state index is 0.000427. The lowest BCUT2D eigenvalue weighted by molar-refractivity contribution is 0.0393. The van der Waals surface area contributed by atoms with Crippen molar-refractivity contribution in [3.63, 3.8) is 0 Å². The molecule has 0 fully saturated rings. The highest BCUT2D eigenvalue weighted by Crippen LogP contribution is 2.25. The zero-order valence-corrected chi connectivity index (χ0v) is 22.0. The van der Waals surface area contributed by atoms with Crippen LogP contribution in [-0.4, -0.2) is 44.6 Å². The summed E-state index contributed by atoms with van der Waals surface area (Å²) in [6.07, 6.45) is 5.28. The van der Waals surface area contributed by atoms with Crippen molar-refractivity contribution >= 4 is 23.2 Å². The summed E-state index contributed by atoms with van der Waals surface area (Å²) in [6, 6.07) is 11.2. The van der Waals surface area contributed by atoms with E-state index in [2.05, 4.69) is 5.32 Å². The van der Waals surface area contributed by atoms with Crippen LogP contribution in [0.2, 0.25) is 10.0 Å². The van der Waals surface area contributed by atoms with Gasteiger partial charge in [0.2, 0.25) is 0 Å². The maximum absolute atomic E-state index is 9.92. The fourth-order valence-corrected chi connectivity index (χ4v) is 4.17. The lowest BCUT2D eigenvalue weighted by Gasteiger charge is -2.19. The first kappa shape index (κ1) is 28.9. The van der Waals surface area contributed by atoms with E-state index in [4.69, 9.17) is 37.4 Å². The molecule has 0 aromatic heterocycles. The molecule has 34 heavy (non-hydrogen) atoms. The van der Waals surface area contributed by atoms with Crippen molar-refractivity contribution in [1.29, 1.82) is 0 Å². The first-order valence-electron chi connectivity index (χ1n) is 12.3. The zero-order valence-electron chi connectivity index (χ0n) is 20.5. The molecule has 0 bridgehead atoms. The first-order valence-corrected chi connectivity index (χ1v) is 13.0. The Bertz CT molecular complexity index is 814. The Hall–Kier alpha value is -1.34. The molecular formula is C27H39Cl2NO4. The zero-order chi connectivity index (χ0) is 24.6. The molecule has 2 rings (SSSR count). The summed E-state index contributed by atoms with van der Waals surface area (Å²) < 4.78 is 17.2. The van der Waals surface area contributed by atoms with Gasteiger partial charge < -0.3 is 24.6 Å². The first-order chi connectivity index (χ1) is 16.6. The number of ether oxygens (including phenoxy) is 3. The van der Waals surface area contributed by atoms with E-state index < -0.39 is 0 Å². The number of nitrogens with one attached hydrogen (secondary N) is 1. The van der Waals surface area contributed by atoms with Crippen LogP contribution in [0.1, 0.15) is 62.3 Å². The van der Waals surface area contributed by atoms with Gasteiger partial charge in [-0.05, 0) is 68.1 Å². The number of unbranched alkanes of at least 4 members (excludes halogenated alkanes) is 3. The second-order valence-corrected chi connectivity index (χ2v) is 8.98. The number of benzene rings is 2. The minimum Gasteiger partial charge on any atom is -0.508 e. The number of halogens is 2. The van der Waals surface area contributed by atoms with Crippen molar-refractivity contribution in [3.8, 4) is 5.75 Å². The Kier molecular flexibility index (Phi) is 14.6. The lowest BCUT2D eigenvalue weighted by atomic mass is 10.0. The predicted molar refractivity (Wildman–Crippen MR) is 140 cm³/mol. The van der Waals surface area contributed by atoms with Crippen LogP contribution in [0.25, 0.3) is 0 Å². The lowest BCUT2D eigenvalue weighted by Crippen LogP contribution is -2.24. The van der Waals surface area contributed by atoms with Crippen molar-refractivity contribution < 1.29 is 19.3 Å². The molecule has 2 N–H and O–H groups in total. The van der Waals surface area contributed by atoms with Crippen LogP contribution >= 0.6 is 23.2 Å². The van der Waals surface area contributed by atoms with Gasteiger partial charge in [0, 0.05) is 35.4 Å². The van der Waals surface area contributed by atoms with E-state index in [-0.39, 0.29) is 6.10 Å². The van der Waals surface area contributed by atoms with E-state index >= 15 is 0 Å². The number of aromatic hydroxyl groups is 1. The van der Waals surface area contributed by atoms with E-state index in [0.717, 1.165) is 68.5 Å². The van der Waals surface area contributed by atoms with E-state index in [1.807, 2.05) is 44.2 Å². The summed E-state index contributed by atoms with van der Waals surface area (Å²) in [5.74, 6) is 0.355. The van der Waals surface area contributed by atoms with Crippen LogP contribution < -0.4 is 5.32 Å². The van der Waals surface area contributed by atoms with E-state index in [1.54, 1.807) is 6.07 Å². The second kappa shape index (κ2) is 17.1. The van der Waals surface area contributed by atoms with Crippen molar-refractivity contribution in [2.45, 2.75) is 58.7 Å². The molecule has 0 aliphatic carbocycles. The monoisotopic (exact) mass is 511 g/mol. The van der Waals surface area contributed by atoms with Crippen molar-refractivity contribution in [2.24, 2.45) is 0 Å². The molecule has 190 valence electrons. The van der Waals surface area contributed by atoms with E-state index in [1.165, 1.54) is 0 Å². The molecular weight excluding hydrogens is 473 g/mol. The van der Waals surface area contributed by atoms with Crippen LogP contribution in [0.5, 0.6) is 5.75 Å². The number of aryl methyl sites for hydroxylation is 1. The van der Waals surface area contributed by atoms with Gasteiger partial charge in [-0.1, -0.05) is 55.1 Å². The van der Waals surface area contributed by atoms with Gasteiger partial charge in [0.05, 0.1) is 25.9 Å². The largest absolute Gasteiger partial charge is 0.508 e. The minimum absolute atomic E-state index is 0.000427. The van der Waals surface area contributed by atoms with Crippen LogP contribution in [0.3, 0.4) is 0 Å². The van der Waals surface area contributed by atoms with Crippen molar-refractivity contribution in [2.75, 3.05) is 39.5 Å². The molecule has 0 saturated carbocycles. The predicted octanol–water partition coefficient (Wildman–Crippen LogP) is 6.72. The summed E-state index contributed by atoms with van der Waals surface area (Å²) in [6.45, 7) is 8.68. The standard InChI is InChI=1S/C27H39Cl2NO4/c1-3-21-18-22(12-13-26(21)31)27(34-4-2)19-30-14-7-5-6-8-15-32-16-17-33-20-23-24(28)10-9-11-25(23)29/h9-13,18,27,30-31H,3-8,14-17,19-20H2,1-2H3/t27-/m0/s1. The third kappa shape index (κ3) is 10.5. The Morgan fingerprint density at radius 1 is 0.912 bits per heavy atom. The van der Waals surface area contributed by atoms with Gasteiger partial charge in [-0.3, -0.25) is 0 Å². The molecule has 0 unspecified atom stereocenters. The third-order valence-electron chi connectivity index (χ3n) is 5.63. The number of hydrogen-bond donors (Lipinski definition) is 2. The SMILES string of the molecule is CCO[C@@H](CNCCCCCCOCCOCc1c(Cl)cccc1Cl)c1ccc(O)c(CC)c1. The van der Waals surface area contributed by atoms with Gasteiger partial charge in [-0.15, -0.1) is 0 Å². The summed E-state index contributed by atoms with van der Waals surface area (Å²) >= 11 is 12.3. The molecule has 0 saturated heterocycles. The van der Waals surface area contributed by atoms with Gasteiger partial charge >= 0.3 is 0 Å². The number of phenolic OH excluding ortho intramolecular Hbond substituents is 1. The Labute approximate surface area is 214 Å². The average Bonchev–Trinajstić information content (AvgIpc) is 2.83. The number of rotatable bonds is 18. The molecule has 0 aliphatic rings. The summed E-state index contributed by atoms with van der Waals surface area (Å²) in [7, 11) is 0. The van der Waals surface area contributed by atoms with Crippen LogP contribution in [0.15, 0.2) is 36.4 Å². The van der Waals surface area contributed by atoms with Crippen molar-refractivity contribution in [1.82, 2.24) is 5.32 Å². The smallest absolute Gasteiger partial charge is 0.118 e. The van der Waals surface area contributed by atoms with Gasteiger partial charge in [-0.2, -0.15) is 0 Å². The fraction of sp³-hybridized carbons (Fsp3) is 0.556. The molecule has 0 amide bonds. The topological polar surface area (TPSA) is 60.0 Å². The van der Waals surface area contributed by atoms with Gasteiger partial charge in [-0.25, -0.2) is 0 Å². The van der Waals surface area contributed by atoms with Crippen LogP contribution in [0.4, 0.5) is 0 Å². The highest BCUT2D eigenvalue weighted by molar-refractivity contribution is 6.35. The van der Waals surface area contributed by atoms with Crippen LogP contribution in [-0.2, 0) is 27.2 Å². The van der Waals surface area contributed by atoms with E-state index in [0.29, 0.717) is 42.2 Å². The number of hydrogen-bond acceptors (Lipinski definition) is 5. The molecule has 0 heterocycles. The third-order valence-corrected chi connectivity index (χ3v) is 6.33. The average molecular weight is 513 g/mol. The highest BCUT2D eigenvalue weighted by Gasteiger charge is 2.13. The molecule has 2 aromatic carbocycles. The second-order valence-electron chi connectivity index (χ2n) is 8.17. The Morgan fingerprint density at radius 2 is 1.65 bits per heavy atom. The highest BCUT2D eigenvalue weighted by atomic mass is 35.5. The van der Waals surface area contributed by atoms with Gasteiger partial charge in [0.15, 0.2) is 0 Å². The van der Waals surface area contributed by atoms with Crippen LogP contribution in [0, 0.1) is 0 Å². The van der Waals surface area contributed by atoms with Gasteiger partial charge in [0.1, 0.15) is 5.75 Å². The quantitative estimate of drug-likeness (QED) is 0.217. The van der Waals surface area contributed by atoms with Gasteiger partial charge in [0.25, 0.3) is 0 Å².